The lowest BCUT2D eigenvalue weighted by atomic mass is 10.2. The molecule has 2 nitrogen and oxygen atoms in total. The van der Waals surface area contributed by atoms with Crippen molar-refractivity contribution in [1.29, 1.82) is 0 Å². The summed E-state index contributed by atoms with van der Waals surface area (Å²) in [6.45, 7) is 7.57. The first-order valence-corrected chi connectivity index (χ1v) is 6.08. The van der Waals surface area contributed by atoms with E-state index in [-0.39, 0.29) is 5.91 Å². The maximum Gasteiger partial charge on any atom is 0.246 e. The van der Waals surface area contributed by atoms with Gasteiger partial charge in [-0.05, 0) is 43.9 Å². The topological polar surface area (TPSA) is 20.3 Å². The van der Waals surface area contributed by atoms with E-state index in [1.165, 1.54) is 5.56 Å². The molecule has 0 unspecified atom stereocenters. The van der Waals surface area contributed by atoms with E-state index in [1.54, 1.807) is 22.3 Å². The predicted molar refractivity (Wildman–Crippen MR) is 66.0 cm³/mol. The molecule has 0 aliphatic carbocycles. The lowest BCUT2D eigenvalue weighted by Crippen LogP contribution is -2.28. The van der Waals surface area contributed by atoms with E-state index in [2.05, 4.69) is 13.0 Å². The number of carbonyl (C=O) groups excluding carboxylic acids is 1. The normalized spacial score (nSPS) is 10.9. The van der Waals surface area contributed by atoms with Gasteiger partial charge in [0.15, 0.2) is 0 Å². The first kappa shape index (κ1) is 12.0. The van der Waals surface area contributed by atoms with Gasteiger partial charge >= 0.3 is 0 Å². The zero-order valence-corrected chi connectivity index (χ0v) is 10.3. The summed E-state index contributed by atoms with van der Waals surface area (Å²) in [5.41, 5.74) is 1.23. The van der Waals surface area contributed by atoms with Gasteiger partial charge in [0.05, 0.1) is 0 Å². The summed E-state index contributed by atoms with van der Waals surface area (Å²) in [6.07, 6.45) is 3.56. The minimum Gasteiger partial charge on any atom is -0.340 e. The number of hydrogen-bond donors (Lipinski definition) is 0. The molecule has 1 rings (SSSR count). The molecule has 0 saturated heterocycles. The Balaban J connectivity index is 2.66. The molecular formula is C12H17NOS. The minimum absolute atomic E-state index is 0.0906. The van der Waals surface area contributed by atoms with Crippen molar-refractivity contribution in [2.45, 2.75) is 20.8 Å². The lowest BCUT2D eigenvalue weighted by molar-refractivity contribution is -0.125. The molecule has 0 fully saturated rings. The molecule has 82 valence electrons. The third-order valence-corrected chi connectivity index (χ3v) is 3.34. The van der Waals surface area contributed by atoms with Gasteiger partial charge in [-0.1, -0.05) is 0 Å². The zero-order valence-electron chi connectivity index (χ0n) is 9.49. The second-order valence-electron chi connectivity index (χ2n) is 3.31. The maximum absolute atomic E-state index is 11.7. The summed E-state index contributed by atoms with van der Waals surface area (Å²) >= 11 is 1.66. The predicted octanol–water partition coefficient (Wildman–Crippen LogP) is 2.94. The van der Waals surface area contributed by atoms with Gasteiger partial charge in [-0.3, -0.25) is 4.79 Å². The Kier molecular flexibility index (Phi) is 4.56. The summed E-state index contributed by atoms with van der Waals surface area (Å²) in [5, 5.41) is 2.04. The van der Waals surface area contributed by atoms with E-state index in [0.29, 0.717) is 0 Å². The standard InChI is InChI=1S/C12H17NOS/c1-4-13(5-2)12(14)7-6-11-10(3)8-9-15-11/h6-9H,4-5H2,1-3H3/b7-6-. The molecule has 0 aliphatic heterocycles. The first-order chi connectivity index (χ1) is 7.19. The molecule has 1 aromatic heterocycles. The Bertz CT molecular complexity index is 350. The SMILES string of the molecule is CCN(CC)C(=O)/C=C\c1sccc1C. The molecule has 0 spiro atoms. The second-order valence-corrected chi connectivity index (χ2v) is 4.26. The summed E-state index contributed by atoms with van der Waals surface area (Å²) in [5.74, 6) is 0.0906. The number of thiophene rings is 1. The van der Waals surface area contributed by atoms with Crippen LogP contribution in [0.5, 0.6) is 0 Å². The van der Waals surface area contributed by atoms with E-state index >= 15 is 0 Å². The Morgan fingerprint density at radius 2 is 2.13 bits per heavy atom. The van der Waals surface area contributed by atoms with Gasteiger partial charge in [-0.2, -0.15) is 0 Å². The van der Waals surface area contributed by atoms with Gasteiger partial charge in [0.2, 0.25) is 5.91 Å². The van der Waals surface area contributed by atoms with Crippen LogP contribution in [0.2, 0.25) is 0 Å². The monoisotopic (exact) mass is 223 g/mol. The zero-order chi connectivity index (χ0) is 11.3. The van der Waals surface area contributed by atoms with Crippen molar-refractivity contribution < 1.29 is 4.79 Å². The molecular weight excluding hydrogens is 206 g/mol. The molecule has 0 radical (unpaired) electrons. The van der Waals surface area contributed by atoms with Crippen molar-refractivity contribution in [3.63, 3.8) is 0 Å². The number of amides is 1. The highest BCUT2D eigenvalue weighted by molar-refractivity contribution is 7.11. The van der Waals surface area contributed by atoms with Crippen LogP contribution in [-0.2, 0) is 4.79 Å². The minimum atomic E-state index is 0.0906. The van der Waals surface area contributed by atoms with Crippen molar-refractivity contribution in [3.8, 4) is 0 Å². The van der Waals surface area contributed by atoms with Gasteiger partial charge in [0, 0.05) is 24.0 Å². The number of aryl methyl sites for hydroxylation is 1. The highest BCUT2D eigenvalue weighted by Gasteiger charge is 2.04. The number of rotatable bonds is 4. The van der Waals surface area contributed by atoms with Crippen molar-refractivity contribution in [1.82, 2.24) is 4.90 Å². The van der Waals surface area contributed by atoms with E-state index < -0.39 is 0 Å². The van der Waals surface area contributed by atoms with Gasteiger partial charge in [0.25, 0.3) is 0 Å². The Hall–Kier alpha value is -1.09. The quantitative estimate of drug-likeness (QED) is 0.719. The van der Waals surface area contributed by atoms with Crippen molar-refractivity contribution in [3.05, 3.63) is 28.0 Å². The van der Waals surface area contributed by atoms with Crippen LogP contribution < -0.4 is 0 Å². The Morgan fingerprint density at radius 1 is 1.47 bits per heavy atom. The summed E-state index contributed by atoms with van der Waals surface area (Å²) in [6, 6.07) is 2.06. The molecule has 0 aromatic carbocycles. The van der Waals surface area contributed by atoms with Crippen LogP contribution in [0, 0.1) is 6.92 Å². The lowest BCUT2D eigenvalue weighted by Gasteiger charge is -2.15. The third-order valence-electron chi connectivity index (χ3n) is 2.35. The average Bonchev–Trinajstić information content (AvgIpc) is 2.63. The molecule has 0 N–H and O–H groups in total. The number of likely N-dealkylation sites (N-methyl/N-ethyl adjacent to an activating group) is 1. The van der Waals surface area contributed by atoms with Crippen molar-refractivity contribution in [2.75, 3.05) is 13.1 Å². The Labute approximate surface area is 95.2 Å². The van der Waals surface area contributed by atoms with Crippen molar-refractivity contribution in [2.24, 2.45) is 0 Å². The van der Waals surface area contributed by atoms with E-state index in [9.17, 15) is 4.79 Å². The van der Waals surface area contributed by atoms with Gasteiger partial charge in [-0.25, -0.2) is 0 Å². The van der Waals surface area contributed by atoms with Gasteiger partial charge < -0.3 is 4.90 Å². The highest BCUT2D eigenvalue weighted by Crippen LogP contribution is 2.17. The summed E-state index contributed by atoms with van der Waals surface area (Å²) < 4.78 is 0. The molecule has 1 amide bonds. The van der Waals surface area contributed by atoms with Gasteiger partial charge in [-0.15, -0.1) is 11.3 Å². The fraction of sp³-hybridized carbons (Fsp3) is 0.417. The van der Waals surface area contributed by atoms with Gasteiger partial charge in [0.1, 0.15) is 0 Å². The third kappa shape index (κ3) is 3.20. The molecule has 0 bridgehead atoms. The van der Waals surface area contributed by atoms with Crippen LogP contribution in [0.1, 0.15) is 24.3 Å². The van der Waals surface area contributed by atoms with E-state index in [1.807, 2.05) is 25.3 Å². The van der Waals surface area contributed by atoms with Crippen LogP contribution in [0.3, 0.4) is 0 Å². The molecule has 0 aliphatic rings. The fourth-order valence-corrected chi connectivity index (χ4v) is 2.16. The fourth-order valence-electron chi connectivity index (χ4n) is 1.34. The van der Waals surface area contributed by atoms with Crippen LogP contribution in [-0.4, -0.2) is 23.9 Å². The van der Waals surface area contributed by atoms with Crippen molar-refractivity contribution >= 4 is 23.3 Å². The van der Waals surface area contributed by atoms with E-state index in [4.69, 9.17) is 0 Å². The summed E-state index contributed by atoms with van der Waals surface area (Å²) in [7, 11) is 0. The second kappa shape index (κ2) is 5.71. The molecule has 15 heavy (non-hydrogen) atoms. The average molecular weight is 223 g/mol. The largest absolute Gasteiger partial charge is 0.340 e. The first-order valence-electron chi connectivity index (χ1n) is 5.20. The van der Waals surface area contributed by atoms with Crippen LogP contribution in [0.25, 0.3) is 6.08 Å². The smallest absolute Gasteiger partial charge is 0.246 e. The summed E-state index contributed by atoms with van der Waals surface area (Å²) in [4.78, 5) is 14.6. The number of carbonyl (C=O) groups is 1. The molecule has 1 heterocycles. The molecule has 1 aromatic rings. The van der Waals surface area contributed by atoms with Crippen LogP contribution >= 0.6 is 11.3 Å². The van der Waals surface area contributed by atoms with Crippen LogP contribution in [0.4, 0.5) is 0 Å². The molecule has 0 atom stereocenters. The highest BCUT2D eigenvalue weighted by atomic mass is 32.1. The maximum atomic E-state index is 11.7. The van der Waals surface area contributed by atoms with Crippen LogP contribution in [0.15, 0.2) is 17.5 Å². The number of nitrogens with zero attached hydrogens (tertiary/aromatic N) is 1. The molecule has 3 heteroatoms. The van der Waals surface area contributed by atoms with E-state index in [0.717, 1.165) is 18.0 Å². The number of hydrogen-bond acceptors (Lipinski definition) is 2. The molecule has 0 saturated carbocycles. The Morgan fingerprint density at radius 3 is 2.60 bits per heavy atom.